The predicted octanol–water partition coefficient (Wildman–Crippen LogP) is 4.41. The average Bonchev–Trinajstić information content (AvgIpc) is 3.08. The van der Waals surface area contributed by atoms with Gasteiger partial charge in [0.05, 0.1) is 17.1 Å². The number of nitrogens with zero attached hydrogens (tertiary/aromatic N) is 2. The number of imidazole rings is 1. The predicted molar refractivity (Wildman–Crippen MR) is 110 cm³/mol. The van der Waals surface area contributed by atoms with Crippen molar-refractivity contribution in [2.24, 2.45) is 17.6 Å². The normalized spacial score (nSPS) is 26.5. The second-order valence-electron chi connectivity index (χ2n) is 8.15. The van der Waals surface area contributed by atoms with Crippen molar-refractivity contribution < 1.29 is 4.79 Å². The maximum absolute atomic E-state index is 12.1. The molecule has 148 valence electrons. The largest absolute Gasteiger partial charge is 0.369 e. The van der Waals surface area contributed by atoms with Gasteiger partial charge in [0.25, 0.3) is 0 Å². The highest BCUT2D eigenvalue weighted by atomic mass is 16.1. The van der Waals surface area contributed by atoms with Crippen LogP contribution in [0.25, 0.3) is 11.0 Å². The molecule has 1 fully saturated rings. The SMILES string of the molecule is CCCCCCCN1C(c2nc3ccccc3[nH]2)CC(C(N)=O)C(C)C1C. The molecule has 1 aromatic heterocycles. The summed E-state index contributed by atoms with van der Waals surface area (Å²) in [6.45, 7) is 7.69. The third-order valence-corrected chi connectivity index (χ3v) is 6.40. The maximum Gasteiger partial charge on any atom is 0.220 e. The molecular weight excluding hydrogens is 336 g/mol. The van der Waals surface area contributed by atoms with Gasteiger partial charge in [-0.15, -0.1) is 0 Å². The summed E-state index contributed by atoms with van der Waals surface area (Å²) in [4.78, 5) is 23.0. The summed E-state index contributed by atoms with van der Waals surface area (Å²) < 4.78 is 0. The van der Waals surface area contributed by atoms with Gasteiger partial charge in [0.15, 0.2) is 0 Å². The minimum atomic E-state index is -0.182. The smallest absolute Gasteiger partial charge is 0.220 e. The zero-order valence-corrected chi connectivity index (χ0v) is 16.9. The summed E-state index contributed by atoms with van der Waals surface area (Å²) in [5.41, 5.74) is 7.78. The first-order valence-corrected chi connectivity index (χ1v) is 10.5. The molecule has 1 saturated heterocycles. The second-order valence-corrected chi connectivity index (χ2v) is 8.15. The average molecular weight is 371 g/mol. The molecule has 5 nitrogen and oxygen atoms in total. The molecule has 1 aliphatic rings. The summed E-state index contributed by atoms with van der Waals surface area (Å²) in [5, 5.41) is 0. The zero-order valence-electron chi connectivity index (χ0n) is 16.9. The van der Waals surface area contributed by atoms with Crippen molar-refractivity contribution >= 4 is 16.9 Å². The molecule has 27 heavy (non-hydrogen) atoms. The third-order valence-electron chi connectivity index (χ3n) is 6.40. The van der Waals surface area contributed by atoms with E-state index in [1.807, 2.05) is 18.2 Å². The Morgan fingerprint density at radius 2 is 1.96 bits per heavy atom. The Balaban J connectivity index is 1.83. The Hall–Kier alpha value is -1.88. The van der Waals surface area contributed by atoms with Crippen LogP contribution in [0, 0.1) is 11.8 Å². The van der Waals surface area contributed by atoms with Crippen molar-refractivity contribution in [2.75, 3.05) is 6.54 Å². The van der Waals surface area contributed by atoms with Crippen molar-refractivity contribution in [3.63, 3.8) is 0 Å². The molecule has 3 N–H and O–H groups in total. The monoisotopic (exact) mass is 370 g/mol. The first-order chi connectivity index (χ1) is 13.0. The molecule has 2 heterocycles. The number of rotatable bonds is 8. The number of H-pyrrole nitrogens is 1. The Morgan fingerprint density at radius 1 is 1.22 bits per heavy atom. The van der Waals surface area contributed by atoms with Gasteiger partial charge in [-0.2, -0.15) is 0 Å². The number of aromatic nitrogens is 2. The highest BCUT2D eigenvalue weighted by molar-refractivity contribution is 5.77. The lowest BCUT2D eigenvalue weighted by molar-refractivity contribution is -0.128. The molecular formula is C22H34N4O. The van der Waals surface area contributed by atoms with Gasteiger partial charge in [-0.3, -0.25) is 9.69 Å². The van der Waals surface area contributed by atoms with E-state index in [0.29, 0.717) is 6.04 Å². The Labute approximate surface area is 162 Å². The van der Waals surface area contributed by atoms with Gasteiger partial charge in [0, 0.05) is 12.0 Å². The molecule has 5 heteroatoms. The first kappa shape index (κ1) is 19.9. The quantitative estimate of drug-likeness (QED) is 0.676. The van der Waals surface area contributed by atoms with Crippen LogP contribution in [-0.4, -0.2) is 33.4 Å². The Kier molecular flexibility index (Phi) is 6.53. The summed E-state index contributed by atoms with van der Waals surface area (Å²) in [7, 11) is 0. The van der Waals surface area contributed by atoms with Crippen LogP contribution in [0.15, 0.2) is 24.3 Å². The van der Waals surface area contributed by atoms with Gasteiger partial charge >= 0.3 is 0 Å². The highest BCUT2D eigenvalue weighted by Crippen LogP contribution is 2.40. The van der Waals surface area contributed by atoms with Crippen molar-refractivity contribution in [3.05, 3.63) is 30.1 Å². The number of piperidine rings is 1. The van der Waals surface area contributed by atoms with Crippen LogP contribution in [-0.2, 0) is 4.79 Å². The van der Waals surface area contributed by atoms with Crippen molar-refractivity contribution in [1.82, 2.24) is 14.9 Å². The van der Waals surface area contributed by atoms with Crippen molar-refractivity contribution in [1.29, 1.82) is 0 Å². The van der Waals surface area contributed by atoms with Crippen LogP contribution in [0.2, 0.25) is 0 Å². The maximum atomic E-state index is 12.1. The number of fused-ring (bicyclic) bond motifs is 1. The van der Waals surface area contributed by atoms with Crippen molar-refractivity contribution in [3.8, 4) is 0 Å². The molecule has 4 atom stereocenters. The van der Waals surface area contributed by atoms with E-state index in [0.717, 1.165) is 29.8 Å². The zero-order chi connectivity index (χ0) is 19.4. The van der Waals surface area contributed by atoms with E-state index >= 15 is 0 Å². The van der Waals surface area contributed by atoms with E-state index in [1.165, 1.54) is 32.1 Å². The molecule has 2 aromatic rings. The minimum Gasteiger partial charge on any atom is -0.369 e. The fourth-order valence-corrected chi connectivity index (χ4v) is 4.54. The molecule has 0 aliphatic carbocycles. The minimum absolute atomic E-state index is 0.102. The number of primary amides is 1. The summed E-state index contributed by atoms with van der Waals surface area (Å²) in [5.74, 6) is 0.945. The molecule has 4 unspecified atom stereocenters. The number of aromatic amines is 1. The van der Waals surface area contributed by atoms with Crippen LogP contribution in [0.4, 0.5) is 0 Å². The molecule has 0 saturated carbocycles. The molecule has 0 spiro atoms. The fourth-order valence-electron chi connectivity index (χ4n) is 4.54. The fraction of sp³-hybridized carbons (Fsp3) is 0.636. The summed E-state index contributed by atoms with van der Waals surface area (Å²) >= 11 is 0. The molecule has 1 aliphatic heterocycles. The number of para-hydroxylation sites is 2. The van der Waals surface area contributed by atoms with Gasteiger partial charge in [-0.25, -0.2) is 4.98 Å². The van der Waals surface area contributed by atoms with Crippen LogP contribution >= 0.6 is 0 Å². The number of likely N-dealkylation sites (tertiary alicyclic amines) is 1. The van der Waals surface area contributed by atoms with E-state index in [9.17, 15) is 4.79 Å². The first-order valence-electron chi connectivity index (χ1n) is 10.5. The topological polar surface area (TPSA) is 75.0 Å². The number of carbonyl (C=O) groups excluding carboxylic acids is 1. The number of hydrogen-bond donors (Lipinski definition) is 2. The van der Waals surface area contributed by atoms with Crippen LogP contribution in [0.1, 0.15) is 71.2 Å². The molecule has 1 amide bonds. The standard InChI is InChI=1S/C22H34N4O/c1-4-5-6-7-10-13-26-16(3)15(2)17(21(23)27)14-20(26)22-24-18-11-8-9-12-19(18)25-22/h8-9,11-12,15-17,20H,4-7,10,13-14H2,1-3H3,(H2,23,27)(H,24,25). The number of carbonyl (C=O) groups is 1. The molecule has 0 bridgehead atoms. The third kappa shape index (κ3) is 4.34. The van der Waals surface area contributed by atoms with Crippen LogP contribution in [0.5, 0.6) is 0 Å². The number of nitrogens with one attached hydrogen (secondary N) is 1. The number of amides is 1. The number of hydrogen-bond acceptors (Lipinski definition) is 3. The second kappa shape index (κ2) is 8.87. The Bertz CT molecular complexity index is 723. The summed E-state index contributed by atoms with van der Waals surface area (Å²) in [6, 6.07) is 8.55. The number of benzene rings is 1. The van der Waals surface area contributed by atoms with Crippen molar-refractivity contribution in [2.45, 2.75) is 71.4 Å². The number of unbranched alkanes of at least 4 members (excludes halogenated alkanes) is 4. The van der Waals surface area contributed by atoms with Gasteiger partial charge in [-0.05, 0) is 44.4 Å². The van der Waals surface area contributed by atoms with E-state index in [2.05, 4.69) is 36.7 Å². The lowest BCUT2D eigenvalue weighted by atomic mass is 9.77. The van der Waals surface area contributed by atoms with Gasteiger partial charge < -0.3 is 10.7 Å². The van der Waals surface area contributed by atoms with Gasteiger partial charge in [0.2, 0.25) is 5.91 Å². The lowest BCUT2D eigenvalue weighted by Crippen LogP contribution is -2.51. The van der Waals surface area contributed by atoms with Crippen LogP contribution < -0.4 is 5.73 Å². The molecule has 3 rings (SSSR count). The van der Waals surface area contributed by atoms with Crippen LogP contribution in [0.3, 0.4) is 0 Å². The van der Waals surface area contributed by atoms with E-state index in [4.69, 9.17) is 10.7 Å². The van der Waals surface area contributed by atoms with E-state index < -0.39 is 0 Å². The van der Waals surface area contributed by atoms with Gasteiger partial charge in [0.1, 0.15) is 5.82 Å². The van der Waals surface area contributed by atoms with Gasteiger partial charge in [-0.1, -0.05) is 51.7 Å². The lowest BCUT2D eigenvalue weighted by Gasteiger charge is -2.46. The van der Waals surface area contributed by atoms with E-state index in [-0.39, 0.29) is 23.8 Å². The Morgan fingerprint density at radius 3 is 2.67 bits per heavy atom. The summed E-state index contributed by atoms with van der Waals surface area (Å²) in [6.07, 6.45) is 7.07. The van der Waals surface area contributed by atoms with E-state index in [1.54, 1.807) is 0 Å². The highest BCUT2D eigenvalue weighted by Gasteiger charge is 2.42. The molecule has 1 aromatic carbocycles. The molecule has 0 radical (unpaired) electrons. The number of nitrogens with two attached hydrogens (primary N) is 1.